The first-order valence-electron chi connectivity index (χ1n) is 27.8. The molecule has 9 rings (SSSR count). The first-order valence-corrected chi connectivity index (χ1v) is 27.8. The van der Waals surface area contributed by atoms with Crippen molar-refractivity contribution in [3.05, 3.63) is 11.6 Å². The number of carbonyl (C=O) groups is 1. The van der Waals surface area contributed by atoms with Crippen LogP contribution in [0.25, 0.3) is 0 Å². The number of allylic oxidation sites excluding steroid dienone is 2. The molecule has 23 nitrogen and oxygen atoms in total. The molecule has 1 unspecified atom stereocenters. The van der Waals surface area contributed by atoms with Crippen LogP contribution in [0.3, 0.4) is 0 Å². The van der Waals surface area contributed by atoms with Crippen LogP contribution < -0.4 is 0 Å². The molecule has 442 valence electrons. The lowest BCUT2D eigenvalue weighted by Gasteiger charge is -2.72. The van der Waals surface area contributed by atoms with Gasteiger partial charge in [0.1, 0.15) is 85.5 Å². The average molecular weight is 1110 g/mol. The highest BCUT2D eigenvalue weighted by Crippen LogP contribution is 2.76. The highest BCUT2D eigenvalue weighted by Gasteiger charge is 2.70. The van der Waals surface area contributed by atoms with Gasteiger partial charge >= 0.3 is 5.97 Å². The Hall–Kier alpha value is -1.63. The molecule has 4 saturated carbocycles. The Morgan fingerprint density at radius 1 is 0.571 bits per heavy atom. The molecule has 4 heterocycles. The number of aliphatic carboxylic acids is 1. The average Bonchev–Trinajstić information content (AvgIpc) is 3.57. The number of hydrogen-bond acceptors (Lipinski definition) is 22. The molecule has 0 radical (unpaired) electrons. The van der Waals surface area contributed by atoms with Crippen molar-refractivity contribution in [2.45, 2.75) is 248 Å². The quantitative estimate of drug-likeness (QED) is 0.0783. The highest BCUT2D eigenvalue weighted by atomic mass is 16.8. The van der Waals surface area contributed by atoms with Crippen molar-refractivity contribution in [1.29, 1.82) is 0 Å². The van der Waals surface area contributed by atoms with E-state index >= 15 is 0 Å². The van der Waals surface area contributed by atoms with Crippen molar-refractivity contribution in [3.8, 4) is 0 Å². The standard InChI is InChI=1S/C54H88O23/c1-22-31(58)34(61)39(66)45(70-22)76-42-36(63)33(60)26(20-56)72-47(42)77-43-38(65)37(64)41(44(68)69)75-48(43)73-29-12-13-51(5)27(52(29,6)21-57)11-14-54(8)28(51)10-9-23-24-17-49(2,3)30(18-50(24,4)15-16-53(23,54)7)74-46-40(67)35(62)32(59)25(19-55)71-46/h9,22,24-43,45-48,55-67H,10-21H2,1-8H3,(H,68,69)/t22-,24-,25+,26+,27?,28+,29-,30-,31-,32+,33-,34+,35-,36-,37-,38-,39+,40+,41-,42+,43+,45-,46-,47-,48+,50-,51-,52+,53+,54+/m0/s1. The molecule has 8 fully saturated rings. The summed E-state index contributed by atoms with van der Waals surface area (Å²) in [6.45, 7) is 15.4. The van der Waals surface area contributed by atoms with Crippen LogP contribution >= 0.6 is 0 Å². The zero-order valence-corrected chi connectivity index (χ0v) is 45.4. The van der Waals surface area contributed by atoms with E-state index in [2.05, 4.69) is 47.6 Å². The van der Waals surface area contributed by atoms with Gasteiger partial charge < -0.3 is 109 Å². The van der Waals surface area contributed by atoms with Crippen molar-refractivity contribution in [1.82, 2.24) is 0 Å². The molecule has 0 aromatic carbocycles. The molecule has 14 N–H and O–H groups in total. The second-order valence-corrected chi connectivity index (χ2v) is 26.4. The maximum Gasteiger partial charge on any atom is 0.335 e. The van der Waals surface area contributed by atoms with Crippen molar-refractivity contribution in [2.75, 3.05) is 19.8 Å². The van der Waals surface area contributed by atoms with Gasteiger partial charge in [-0.2, -0.15) is 0 Å². The molecule has 4 saturated heterocycles. The maximum absolute atomic E-state index is 12.6. The monoisotopic (exact) mass is 1100 g/mol. The molecule has 9 aliphatic rings. The van der Waals surface area contributed by atoms with Crippen LogP contribution in [-0.2, 0) is 42.7 Å². The Labute approximate surface area is 449 Å². The van der Waals surface area contributed by atoms with Gasteiger partial charge in [0.2, 0.25) is 0 Å². The lowest BCUT2D eigenvalue weighted by atomic mass is 9.33. The Balaban J connectivity index is 0.959. The second kappa shape index (κ2) is 21.5. The second-order valence-electron chi connectivity index (χ2n) is 26.4. The molecule has 4 aliphatic heterocycles. The summed E-state index contributed by atoms with van der Waals surface area (Å²) in [5.41, 5.74) is -0.868. The summed E-state index contributed by atoms with van der Waals surface area (Å²) in [4.78, 5) is 12.6. The van der Waals surface area contributed by atoms with E-state index in [0.717, 1.165) is 32.1 Å². The Kier molecular flexibility index (Phi) is 16.8. The molecule has 0 aromatic heterocycles. The van der Waals surface area contributed by atoms with E-state index in [1.54, 1.807) is 0 Å². The number of ether oxygens (including phenoxy) is 8. The number of carboxylic acids is 1. The first-order chi connectivity index (χ1) is 36.0. The fourth-order valence-corrected chi connectivity index (χ4v) is 16.5. The van der Waals surface area contributed by atoms with Crippen LogP contribution in [0.1, 0.15) is 113 Å². The largest absolute Gasteiger partial charge is 0.479 e. The van der Waals surface area contributed by atoms with Gasteiger partial charge in [-0.25, -0.2) is 4.79 Å². The minimum atomic E-state index is -2.10. The molecular weight excluding hydrogens is 1020 g/mol. The third-order valence-electron chi connectivity index (χ3n) is 21.7. The highest BCUT2D eigenvalue weighted by molar-refractivity contribution is 5.73. The molecule has 30 atom stereocenters. The normalized spacial score (nSPS) is 55.7. The molecule has 77 heavy (non-hydrogen) atoms. The van der Waals surface area contributed by atoms with Gasteiger partial charge in [-0.1, -0.05) is 60.1 Å². The van der Waals surface area contributed by atoms with Crippen LogP contribution in [-0.4, -0.2) is 232 Å². The van der Waals surface area contributed by atoms with Gasteiger partial charge in [0.05, 0.1) is 38.1 Å². The molecule has 0 aromatic rings. The first kappa shape index (κ1) is 60.0. The lowest BCUT2D eigenvalue weighted by Crippen LogP contribution is -2.68. The van der Waals surface area contributed by atoms with E-state index in [9.17, 15) is 76.3 Å². The molecule has 5 aliphatic carbocycles. The lowest BCUT2D eigenvalue weighted by molar-refractivity contribution is -0.396. The van der Waals surface area contributed by atoms with E-state index in [1.165, 1.54) is 12.5 Å². The van der Waals surface area contributed by atoms with Gasteiger partial charge in [0.25, 0.3) is 0 Å². The molecule has 23 heteroatoms. The summed E-state index contributed by atoms with van der Waals surface area (Å²) in [5, 5.41) is 151. The number of aliphatic hydroxyl groups excluding tert-OH is 13. The van der Waals surface area contributed by atoms with Crippen molar-refractivity contribution < 1.29 is 114 Å². The van der Waals surface area contributed by atoms with E-state index in [1.807, 2.05) is 6.92 Å². The van der Waals surface area contributed by atoms with Gasteiger partial charge in [-0.15, -0.1) is 0 Å². The van der Waals surface area contributed by atoms with E-state index in [-0.39, 0.29) is 52.1 Å². The van der Waals surface area contributed by atoms with Gasteiger partial charge in [0.15, 0.2) is 31.3 Å². The zero-order chi connectivity index (χ0) is 56.4. The molecule has 0 bridgehead atoms. The van der Waals surface area contributed by atoms with E-state index in [4.69, 9.17) is 37.9 Å². The van der Waals surface area contributed by atoms with Crippen LogP contribution in [0.4, 0.5) is 0 Å². The molecule has 0 spiro atoms. The fourth-order valence-electron chi connectivity index (χ4n) is 16.5. The predicted molar refractivity (Wildman–Crippen MR) is 263 cm³/mol. The summed E-state index contributed by atoms with van der Waals surface area (Å²) in [7, 11) is 0. The van der Waals surface area contributed by atoms with Crippen LogP contribution in [0, 0.1) is 50.2 Å². The summed E-state index contributed by atoms with van der Waals surface area (Å²) in [6.07, 6.45) is -25.8. The maximum atomic E-state index is 12.6. The number of rotatable bonds is 12. The summed E-state index contributed by atoms with van der Waals surface area (Å²) in [5.74, 6) is -1.40. The van der Waals surface area contributed by atoms with Crippen LogP contribution in [0.15, 0.2) is 11.6 Å². The molecular formula is C54H88O23. The number of fused-ring (bicyclic) bond motifs is 7. The Morgan fingerprint density at radius 2 is 1.12 bits per heavy atom. The van der Waals surface area contributed by atoms with Gasteiger partial charge in [-0.05, 0) is 110 Å². The fraction of sp³-hybridized carbons (Fsp3) is 0.944. The number of aliphatic hydroxyl groups is 13. The smallest absolute Gasteiger partial charge is 0.335 e. The minimum absolute atomic E-state index is 0.147. The van der Waals surface area contributed by atoms with E-state index in [0.29, 0.717) is 25.7 Å². The summed E-state index contributed by atoms with van der Waals surface area (Å²) < 4.78 is 48.7. The predicted octanol–water partition coefficient (Wildman–Crippen LogP) is -1.47. The van der Waals surface area contributed by atoms with Crippen LogP contribution in [0.2, 0.25) is 0 Å². The van der Waals surface area contributed by atoms with Crippen molar-refractivity contribution >= 4 is 5.97 Å². The van der Waals surface area contributed by atoms with E-state index < -0.39 is 159 Å². The molecule has 0 amide bonds. The topological polar surface area (TPSA) is 374 Å². The third kappa shape index (κ3) is 9.70. The van der Waals surface area contributed by atoms with Gasteiger partial charge in [-0.3, -0.25) is 0 Å². The summed E-state index contributed by atoms with van der Waals surface area (Å²) >= 11 is 0. The summed E-state index contributed by atoms with van der Waals surface area (Å²) in [6, 6.07) is 0. The van der Waals surface area contributed by atoms with Crippen molar-refractivity contribution in [3.63, 3.8) is 0 Å². The Morgan fingerprint density at radius 3 is 1.73 bits per heavy atom. The SMILES string of the molecule is C[C@@H]1O[C@@H](O[C@H]2[C@H](O[C@H]3[C@H](O[C@H]4CC[C@@]5(C)C(CC[C@]6(C)[C@@H]5CC=C5[C@@H]7CC(C)(C)[C@@H](O[C@@H]8O[C@H](CO)[C@@H](O)[C@H](O)[C@H]8O)C[C@]7(C)CC[C@]56C)[C@@]4(C)CO)O[C@H](C(=O)O)[C@@H](O)[C@@H]3O)O[C@H](CO)[C@H](O)[C@@H]2O)[C@H](O)[C@H](O)[C@H]1O. The Bertz CT molecular complexity index is 2130. The van der Waals surface area contributed by atoms with Gasteiger partial charge in [0, 0.05) is 5.41 Å². The van der Waals surface area contributed by atoms with Crippen LogP contribution in [0.5, 0.6) is 0 Å². The number of carboxylic acid groups (broad SMARTS) is 1. The minimum Gasteiger partial charge on any atom is -0.479 e. The third-order valence-corrected chi connectivity index (χ3v) is 21.7. The number of hydrogen-bond donors (Lipinski definition) is 14. The zero-order valence-electron chi connectivity index (χ0n) is 45.4. The van der Waals surface area contributed by atoms with Crippen molar-refractivity contribution in [2.24, 2.45) is 50.2 Å².